The van der Waals surface area contributed by atoms with Gasteiger partial charge >= 0.3 is 12.1 Å². The fourth-order valence-corrected chi connectivity index (χ4v) is 1.63. The van der Waals surface area contributed by atoms with Crippen molar-refractivity contribution in [2.75, 3.05) is 0 Å². The molecule has 2 amide bonds. The molecular formula is C14H12F3N3O4. The number of nitrogens with two attached hydrogens (primary N) is 2. The van der Waals surface area contributed by atoms with Crippen molar-refractivity contribution < 1.29 is 32.7 Å². The Morgan fingerprint density at radius 3 is 2.17 bits per heavy atom. The van der Waals surface area contributed by atoms with Crippen molar-refractivity contribution in [3.8, 4) is 0 Å². The van der Waals surface area contributed by atoms with Gasteiger partial charge in [0.05, 0.1) is 5.69 Å². The molecule has 0 radical (unpaired) electrons. The molecule has 128 valence electrons. The van der Waals surface area contributed by atoms with E-state index in [2.05, 4.69) is 4.99 Å². The molecule has 0 aliphatic carbocycles. The van der Waals surface area contributed by atoms with E-state index < -0.39 is 24.0 Å². The summed E-state index contributed by atoms with van der Waals surface area (Å²) in [7, 11) is 0. The summed E-state index contributed by atoms with van der Waals surface area (Å²) in [4.78, 5) is 35.2. The number of alkyl halides is 3. The van der Waals surface area contributed by atoms with Crippen molar-refractivity contribution in [2.24, 2.45) is 16.5 Å². The molecule has 0 spiro atoms. The van der Waals surface area contributed by atoms with Crippen LogP contribution in [-0.4, -0.2) is 35.3 Å². The first-order valence-corrected chi connectivity index (χ1v) is 6.28. The lowest BCUT2D eigenvalue weighted by atomic mass is 10.0. The monoisotopic (exact) mass is 343 g/mol. The van der Waals surface area contributed by atoms with Gasteiger partial charge in [0, 0.05) is 23.8 Å². The Balaban J connectivity index is 0.000000351. The number of benzene rings is 1. The largest absolute Gasteiger partial charge is 0.490 e. The van der Waals surface area contributed by atoms with Crippen LogP contribution in [0.3, 0.4) is 0 Å². The topological polar surface area (TPSA) is 136 Å². The first kappa shape index (κ1) is 18.9. The zero-order chi connectivity index (χ0) is 18.5. The molecule has 1 aromatic carbocycles. The van der Waals surface area contributed by atoms with E-state index in [1.807, 2.05) is 0 Å². The second-order valence-electron chi connectivity index (χ2n) is 4.52. The molecule has 1 aliphatic heterocycles. The number of hydrogen-bond acceptors (Lipinski definition) is 4. The summed E-state index contributed by atoms with van der Waals surface area (Å²) in [5.41, 5.74) is 12.8. The van der Waals surface area contributed by atoms with Crippen LogP contribution in [0.4, 0.5) is 18.9 Å². The summed E-state index contributed by atoms with van der Waals surface area (Å²) in [5.74, 6) is -3.73. The zero-order valence-electron chi connectivity index (χ0n) is 12.0. The minimum absolute atomic E-state index is 0.392. The molecule has 2 rings (SSSR count). The van der Waals surface area contributed by atoms with Crippen molar-refractivity contribution in [1.29, 1.82) is 0 Å². The van der Waals surface area contributed by atoms with Gasteiger partial charge in [-0.15, -0.1) is 0 Å². The van der Waals surface area contributed by atoms with Crippen LogP contribution in [-0.2, 0) is 16.0 Å². The third kappa shape index (κ3) is 5.23. The highest BCUT2D eigenvalue weighted by Gasteiger charge is 2.38. The number of hydrogen-bond donors (Lipinski definition) is 3. The predicted molar refractivity (Wildman–Crippen MR) is 77.8 cm³/mol. The van der Waals surface area contributed by atoms with Crippen LogP contribution < -0.4 is 11.5 Å². The number of nitrogens with zero attached hydrogens (tertiary/aromatic N) is 1. The van der Waals surface area contributed by atoms with Gasteiger partial charge in [0.1, 0.15) is 0 Å². The Kier molecular flexibility index (Phi) is 5.82. The smallest absolute Gasteiger partial charge is 0.475 e. The standard InChI is InChI=1S/C12H11N3O2.C2HF3O2/c13-11(16)8-2-1-7-5-9(12(14)17)3-4-15-10(7)6-8;3-2(4,5)1(6)7/h1-4,6H,5H2,(H2,13,16)(H2,14,17);(H,6,7). The number of primary amides is 2. The van der Waals surface area contributed by atoms with Crippen molar-refractivity contribution in [2.45, 2.75) is 12.6 Å². The van der Waals surface area contributed by atoms with Crippen LogP contribution in [0, 0.1) is 0 Å². The fraction of sp³-hybridized carbons (Fsp3) is 0.143. The highest BCUT2D eigenvalue weighted by molar-refractivity contribution is 5.98. The van der Waals surface area contributed by atoms with Crippen molar-refractivity contribution in [1.82, 2.24) is 0 Å². The third-order valence-corrected chi connectivity index (χ3v) is 2.80. The molecule has 0 bridgehead atoms. The number of amides is 2. The average Bonchev–Trinajstić information content (AvgIpc) is 2.68. The average molecular weight is 343 g/mol. The van der Waals surface area contributed by atoms with Gasteiger partial charge in [0.15, 0.2) is 0 Å². The molecule has 0 saturated carbocycles. The van der Waals surface area contributed by atoms with Gasteiger partial charge < -0.3 is 16.6 Å². The van der Waals surface area contributed by atoms with E-state index >= 15 is 0 Å². The molecule has 24 heavy (non-hydrogen) atoms. The summed E-state index contributed by atoms with van der Waals surface area (Å²) in [6.07, 6.45) is -1.60. The molecule has 0 atom stereocenters. The van der Waals surface area contributed by atoms with E-state index in [1.165, 1.54) is 6.21 Å². The molecule has 0 saturated heterocycles. The second kappa shape index (κ2) is 7.40. The van der Waals surface area contributed by atoms with Crippen LogP contribution in [0.2, 0.25) is 0 Å². The Hall–Kier alpha value is -3.17. The number of carboxylic acids is 1. The normalized spacial score (nSPS) is 12.9. The Morgan fingerprint density at radius 2 is 1.71 bits per heavy atom. The van der Waals surface area contributed by atoms with Crippen LogP contribution in [0.25, 0.3) is 0 Å². The maximum absolute atomic E-state index is 11.1. The number of allylic oxidation sites excluding steroid dienone is 1. The van der Waals surface area contributed by atoms with E-state index in [-0.39, 0.29) is 0 Å². The molecule has 5 N–H and O–H groups in total. The Labute approximate surface area is 133 Å². The van der Waals surface area contributed by atoms with Gasteiger partial charge in [0.2, 0.25) is 11.8 Å². The van der Waals surface area contributed by atoms with E-state index in [1.54, 1.807) is 24.3 Å². The number of aliphatic imine (C=N–C) groups is 1. The van der Waals surface area contributed by atoms with Gasteiger partial charge in [-0.25, -0.2) is 4.79 Å². The van der Waals surface area contributed by atoms with E-state index in [0.29, 0.717) is 23.2 Å². The third-order valence-electron chi connectivity index (χ3n) is 2.80. The van der Waals surface area contributed by atoms with Gasteiger partial charge in [0.25, 0.3) is 0 Å². The summed E-state index contributed by atoms with van der Waals surface area (Å²) in [5, 5.41) is 7.12. The molecule has 0 unspecified atom stereocenters. The second-order valence-corrected chi connectivity index (χ2v) is 4.52. The number of aliphatic carboxylic acids is 1. The summed E-state index contributed by atoms with van der Waals surface area (Å²) in [6, 6.07) is 4.95. The van der Waals surface area contributed by atoms with Gasteiger partial charge in [-0.05, 0) is 23.8 Å². The summed E-state index contributed by atoms with van der Waals surface area (Å²) in [6.45, 7) is 0. The van der Waals surface area contributed by atoms with Gasteiger partial charge in [-0.3, -0.25) is 14.6 Å². The molecule has 1 heterocycles. The maximum Gasteiger partial charge on any atom is 0.490 e. The van der Waals surface area contributed by atoms with Crippen LogP contribution in [0.5, 0.6) is 0 Å². The minimum atomic E-state index is -5.08. The molecular weight excluding hydrogens is 331 g/mol. The number of rotatable bonds is 2. The quantitative estimate of drug-likeness (QED) is 0.740. The van der Waals surface area contributed by atoms with Crippen molar-refractivity contribution >= 4 is 29.7 Å². The fourth-order valence-electron chi connectivity index (χ4n) is 1.63. The van der Waals surface area contributed by atoms with Gasteiger partial charge in [-0.1, -0.05) is 6.07 Å². The molecule has 1 aliphatic rings. The van der Waals surface area contributed by atoms with E-state index in [4.69, 9.17) is 21.4 Å². The highest BCUT2D eigenvalue weighted by atomic mass is 19.4. The molecule has 10 heteroatoms. The summed E-state index contributed by atoms with van der Waals surface area (Å²) >= 11 is 0. The Bertz CT molecular complexity index is 739. The molecule has 0 aromatic heterocycles. The van der Waals surface area contributed by atoms with Crippen molar-refractivity contribution in [3.05, 3.63) is 41.0 Å². The molecule has 7 nitrogen and oxygen atoms in total. The van der Waals surface area contributed by atoms with E-state index in [9.17, 15) is 22.8 Å². The van der Waals surface area contributed by atoms with Crippen LogP contribution in [0.15, 0.2) is 34.8 Å². The number of halogens is 3. The SMILES string of the molecule is NC(=O)C1=CC=Nc2cc(C(N)=O)ccc2C1.O=C(O)C(F)(F)F. The van der Waals surface area contributed by atoms with Crippen LogP contribution >= 0.6 is 0 Å². The Morgan fingerprint density at radius 1 is 1.12 bits per heavy atom. The van der Waals surface area contributed by atoms with Gasteiger partial charge in [-0.2, -0.15) is 13.2 Å². The highest BCUT2D eigenvalue weighted by Crippen LogP contribution is 2.25. The van der Waals surface area contributed by atoms with Crippen molar-refractivity contribution in [3.63, 3.8) is 0 Å². The van der Waals surface area contributed by atoms with E-state index in [0.717, 1.165) is 5.56 Å². The number of fused-ring (bicyclic) bond motifs is 1. The zero-order valence-corrected chi connectivity index (χ0v) is 12.0. The first-order valence-electron chi connectivity index (χ1n) is 6.28. The summed E-state index contributed by atoms with van der Waals surface area (Å²) < 4.78 is 31.7. The lowest BCUT2D eigenvalue weighted by Crippen LogP contribution is -2.21. The predicted octanol–water partition coefficient (Wildman–Crippen LogP) is 1.09. The number of carbonyl (C=O) groups is 3. The maximum atomic E-state index is 11.1. The molecule has 1 aromatic rings. The van der Waals surface area contributed by atoms with Crippen LogP contribution in [0.1, 0.15) is 15.9 Å². The lowest BCUT2D eigenvalue weighted by molar-refractivity contribution is -0.192. The lowest BCUT2D eigenvalue weighted by Gasteiger charge is -2.05. The number of carboxylic acid groups (broad SMARTS) is 1. The first-order chi connectivity index (χ1) is 11.0. The number of carbonyl (C=O) groups excluding carboxylic acids is 2. The minimum Gasteiger partial charge on any atom is -0.475 e. The molecule has 0 fully saturated rings.